The number of aryl methyl sites for hydroxylation is 1. The molecule has 149 valence electrons. The van der Waals surface area contributed by atoms with Crippen molar-refractivity contribution in [3.8, 4) is 11.1 Å². The molecule has 1 atom stereocenters. The van der Waals surface area contributed by atoms with Gasteiger partial charge in [0.1, 0.15) is 0 Å². The number of hydrogen-bond donors (Lipinski definition) is 0. The Kier molecular flexibility index (Phi) is 7.34. The van der Waals surface area contributed by atoms with Crippen LogP contribution in [0.2, 0.25) is 0 Å². The zero-order valence-electron chi connectivity index (χ0n) is 17.9. The molecule has 0 amide bonds. The molecule has 1 aliphatic carbocycles. The normalized spacial score (nSPS) is 15.9. The molecule has 3 rings (SSSR count). The van der Waals surface area contributed by atoms with E-state index < -0.39 is 19.4 Å². The van der Waals surface area contributed by atoms with Gasteiger partial charge in [0.2, 0.25) is 0 Å². The van der Waals surface area contributed by atoms with Gasteiger partial charge >= 0.3 is 187 Å². The molecular formula is C25H31Cl2Zr. The summed E-state index contributed by atoms with van der Waals surface area (Å²) in [4.78, 5) is 0. The minimum absolute atomic E-state index is 0.299. The Morgan fingerprint density at radius 3 is 1.96 bits per heavy atom. The monoisotopic (exact) mass is 491 g/mol. The standard InChI is InChI=1S/C25H31.2ClH.Zr/c1-7-18-11-20-10-9-19(8-2)25(24(20)12-18)23-14-21(16(3)4)13-22(15-23)17(5)6;;;/h9-17H,7-8H2,1-6H3;2*1H;/q;;;+2/p-2. The van der Waals surface area contributed by atoms with E-state index in [-0.39, 0.29) is 0 Å². The first kappa shape index (κ1) is 22.3. The number of fused-ring (bicyclic) bond motifs is 1. The molecule has 3 heteroatoms. The second-order valence-corrected chi connectivity index (χ2v) is 17.3. The molecule has 0 heterocycles. The second-order valence-electron chi connectivity index (χ2n) is 8.45. The van der Waals surface area contributed by atoms with Crippen molar-refractivity contribution in [1.29, 1.82) is 0 Å². The summed E-state index contributed by atoms with van der Waals surface area (Å²) in [6.07, 6.45) is 4.45. The molecule has 0 spiro atoms. The minimum atomic E-state index is -2.45. The van der Waals surface area contributed by atoms with E-state index in [1.165, 1.54) is 44.5 Å². The van der Waals surface area contributed by atoms with Gasteiger partial charge in [-0.3, -0.25) is 0 Å². The van der Waals surface area contributed by atoms with Crippen molar-refractivity contribution in [1.82, 2.24) is 0 Å². The van der Waals surface area contributed by atoms with Gasteiger partial charge in [0.25, 0.3) is 0 Å². The zero-order valence-corrected chi connectivity index (χ0v) is 21.8. The van der Waals surface area contributed by atoms with Gasteiger partial charge < -0.3 is 0 Å². The Balaban J connectivity index is 2.30. The summed E-state index contributed by atoms with van der Waals surface area (Å²) in [5, 5.41) is 0. The van der Waals surface area contributed by atoms with Gasteiger partial charge in [-0.2, -0.15) is 0 Å². The van der Waals surface area contributed by atoms with Gasteiger partial charge in [0.15, 0.2) is 0 Å². The summed E-state index contributed by atoms with van der Waals surface area (Å²) >= 11 is -2.45. The van der Waals surface area contributed by atoms with Gasteiger partial charge in [0, 0.05) is 0 Å². The molecule has 1 aliphatic rings. The first-order valence-electron chi connectivity index (χ1n) is 10.5. The summed E-state index contributed by atoms with van der Waals surface area (Å²) in [5.74, 6) is 1.03. The summed E-state index contributed by atoms with van der Waals surface area (Å²) < 4.78 is 0.299. The van der Waals surface area contributed by atoms with Crippen molar-refractivity contribution in [3.63, 3.8) is 0 Å². The molecule has 0 fully saturated rings. The first-order valence-corrected chi connectivity index (χ1v) is 18.2. The Hall–Kier alpha value is -0.357. The van der Waals surface area contributed by atoms with E-state index in [4.69, 9.17) is 17.0 Å². The number of rotatable bonds is 6. The van der Waals surface area contributed by atoms with Crippen LogP contribution in [-0.2, 0) is 25.8 Å². The van der Waals surface area contributed by atoms with Crippen molar-refractivity contribution in [2.45, 2.75) is 69.8 Å². The van der Waals surface area contributed by atoms with Crippen molar-refractivity contribution < 1.29 is 19.4 Å². The van der Waals surface area contributed by atoms with Gasteiger partial charge in [0.05, 0.1) is 0 Å². The third-order valence-corrected chi connectivity index (χ3v) is 11.3. The summed E-state index contributed by atoms with van der Waals surface area (Å²) in [7, 11) is 13.2. The average Bonchev–Trinajstić information content (AvgIpc) is 3.05. The van der Waals surface area contributed by atoms with Crippen LogP contribution in [0.25, 0.3) is 17.2 Å². The van der Waals surface area contributed by atoms with Crippen LogP contribution in [0, 0.1) is 0 Å². The van der Waals surface area contributed by atoms with E-state index in [0.717, 1.165) is 12.8 Å². The van der Waals surface area contributed by atoms with Crippen LogP contribution < -0.4 is 0 Å². The summed E-state index contributed by atoms with van der Waals surface area (Å²) in [6, 6.07) is 11.8. The number of hydrogen-bond acceptors (Lipinski definition) is 0. The van der Waals surface area contributed by atoms with E-state index in [2.05, 4.69) is 78.0 Å². The van der Waals surface area contributed by atoms with Crippen LogP contribution in [0.5, 0.6) is 0 Å². The van der Waals surface area contributed by atoms with Crippen molar-refractivity contribution in [3.05, 3.63) is 63.7 Å². The van der Waals surface area contributed by atoms with E-state index >= 15 is 0 Å². The maximum atomic E-state index is 6.61. The molecule has 2 aromatic rings. The summed E-state index contributed by atoms with van der Waals surface area (Å²) in [5.41, 5.74) is 11.2. The first-order chi connectivity index (χ1) is 13.3. The maximum absolute atomic E-state index is 6.61. The molecule has 1 unspecified atom stereocenters. The Labute approximate surface area is 186 Å². The fourth-order valence-corrected chi connectivity index (χ4v) is 9.88. The molecule has 0 aromatic heterocycles. The van der Waals surface area contributed by atoms with E-state index in [1.54, 1.807) is 0 Å². The van der Waals surface area contributed by atoms with Crippen molar-refractivity contribution >= 4 is 23.1 Å². The van der Waals surface area contributed by atoms with E-state index in [9.17, 15) is 0 Å². The predicted molar refractivity (Wildman–Crippen MR) is 122 cm³/mol. The number of halogens is 2. The zero-order chi connectivity index (χ0) is 20.6. The third kappa shape index (κ3) is 4.23. The number of allylic oxidation sites excluding steroid dienone is 1. The predicted octanol–water partition coefficient (Wildman–Crippen LogP) is 8.94. The van der Waals surface area contributed by atoms with Gasteiger partial charge in [-0.15, -0.1) is 0 Å². The van der Waals surface area contributed by atoms with E-state index in [1.807, 2.05) is 0 Å². The van der Waals surface area contributed by atoms with Crippen LogP contribution >= 0.6 is 17.0 Å². The molecule has 0 aliphatic heterocycles. The SMILES string of the molecule is CCC1=Cc2c(ccc(CC)c2-c2cc(C(C)C)cc(C(C)C)c2)[CH]1[Zr]([Cl])[Cl]. The van der Waals surface area contributed by atoms with Crippen LogP contribution in [0.1, 0.15) is 91.2 Å². The number of benzene rings is 2. The van der Waals surface area contributed by atoms with Crippen molar-refractivity contribution in [2.75, 3.05) is 0 Å². The van der Waals surface area contributed by atoms with Crippen LogP contribution in [0.4, 0.5) is 0 Å². The molecule has 0 radical (unpaired) electrons. The average molecular weight is 494 g/mol. The van der Waals surface area contributed by atoms with Gasteiger partial charge in [-0.1, -0.05) is 0 Å². The van der Waals surface area contributed by atoms with Gasteiger partial charge in [-0.05, 0) is 0 Å². The Morgan fingerprint density at radius 1 is 0.893 bits per heavy atom. The molecule has 2 aromatic carbocycles. The third-order valence-electron chi connectivity index (χ3n) is 5.98. The van der Waals surface area contributed by atoms with Crippen LogP contribution in [-0.4, -0.2) is 0 Å². The molecule has 0 saturated carbocycles. The molecule has 0 N–H and O–H groups in total. The quantitative estimate of drug-likeness (QED) is 0.377. The molecular weight excluding hydrogens is 462 g/mol. The van der Waals surface area contributed by atoms with Crippen molar-refractivity contribution in [2.24, 2.45) is 0 Å². The fourth-order valence-electron chi connectivity index (χ4n) is 4.24. The van der Waals surface area contributed by atoms with Crippen LogP contribution in [0.3, 0.4) is 0 Å². The topological polar surface area (TPSA) is 0 Å². The molecule has 0 saturated heterocycles. The van der Waals surface area contributed by atoms with E-state index in [0.29, 0.717) is 15.5 Å². The molecule has 0 nitrogen and oxygen atoms in total. The molecule has 0 bridgehead atoms. The van der Waals surface area contributed by atoms with Crippen LogP contribution in [0.15, 0.2) is 35.9 Å². The van der Waals surface area contributed by atoms with Gasteiger partial charge in [-0.25, -0.2) is 0 Å². The fraction of sp³-hybridized carbons (Fsp3) is 0.440. The Morgan fingerprint density at radius 2 is 1.50 bits per heavy atom. The molecule has 28 heavy (non-hydrogen) atoms. The Bertz CT molecular complexity index is 867. The summed E-state index contributed by atoms with van der Waals surface area (Å²) in [6.45, 7) is 13.6. The second kappa shape index (κ2) is 9.20.